The van der Waals surface area contributed by atoms with E-state index in [1.165, 1.54) is 116 Å². The van der Waals surface area contributed by atoms with Crippen molar-refractivity contribution in [3.05, 3.63) is 36.5 Å². The second-order valence-electron chi connectivity index (χ2n) is 17.2. The first-order valence-corrected chi connectivity index (χ1v) is 24.4. The molecule has 1 heterocycles. The zero-order valence-electron chi connectivity index (χ0n) is 37.9. The molecular weight excluding hydrogens is 763 g/mol. The molecule has 8 N–H and O–H groups in total. The lowest BCUT2D eigenvalue weighted by molar-refractivity contribution is -0.303. The molecule has 0 aromatic rings. The number of nitrogens with one attached hydrogen (secondary N) is 1. The number of hydrogen-bond donors (Lipinski definition) is 8. The molecule has 1 aliphatic heterocycles. The second kappa shape index (κ2) is 39.0. The third-order valence-electron chi connectivity index (χ3n) is 11.7. The Morgan fingerprint density at radius 1 is 0.583 bits per heavy atom. The molecule has 0 saturated carbocycles. The van der Waals surface area contributed by atoms with Gasteiger partial charge in [0.2, 0.25) is 5.91 Å². The van der Waals surface area contributed by atoms with Crippen LogP contribution in [-0.2, 0) is 14.3 Å². The minimum Gasteiger partial charge on any atom is -0.394 e. The highest BCUT2D eigenvalue weighted by Gasteiger charge is 2.44. The van der Waals surface area contributed by atoms with E-state index in [1.807, 2.05) is 0 Å². The maximum atomic E-state index is 13.1. The Kier molecular flexibility index (Phi) is 36.6. The van der Waals surface area contributed by atoms with Crippen LogP contribution in [0.4, 0.5) is 0 Å². The van der Waals surface area contributed by atoms with Crippen molar-refractivity contribution < 1.29 is 50.0 Å². The third kappa shape index (κ3) is 28.1. The monoisotopic (exact) mass is 854 g/mol. The summed E-state index contributed by atoms with van der Waals surface area (Å²) in [5.41, 5.74) is 0. The van der Waals surface area contributed by atoms with Crippen molar-refractivity contribution in [3.8, 4) is 0 Å². The van der Waals surface area contributed by atoms with Crippen LogP contribution in [0.3, 0.4) is 0 Å². The van der Waals surface area contributed by atoms with Crippen molar-refractivity contribution >= 4 is 5.91 Å². The molecule has 0 radical (unpaired) electrons. The molecule has 0 bridgehead atoms. The van der Waals surface area contributed by atoms with E-state index in [0.717, 1.165) is 44.9 Å². The fourth-order valence-corrected chi connectivity index (χ4v) is 7.61. The number of unbranched alkanes of at least 4 members (excludes halogenated alkanes) is 23. The van der Waals surface area contributed by atoms with Crippen LogP contribution in [0, 0.1) is 0 Å². The molecule has 11 heteroatoms. The van der Waals surface area contributed by atoms with E-state index in [0.29, 0.717) is 12.8 Å². The van der Waals surface area contributed by atoms with Crippen LogP contribution >= 0.6 is 0 Å². The number of carbonyl (C=O) groups excluding carboxylic acids is 1. The van der Waals surface area contributed by atoms with Crippen LogP contribution < -0.4 is 5.32 Å². The van der Waals surface area contributed by atoms with Crippen LogP contribution in [0.2, 0.25) is 0 Å². The average Bonchev–Trinajstić information content (AvgIpc) is 3.25. The Balaban J connectivity index is 2.45. The first-order chi connectivity index (χ1) is 29.2. The highest BCUT2D eigenvalue weighted by Crippen LogP contribution is 2.23. The molecule has 0 aromatic carbocycles. The Morgan fingerprint density at radius 2 is 1.03 bits per heavy atom. The molecule has 1 rings (SSSR count). The highest BCUT2D eigenvalue weighted by molar-refractivity contribution is 5.80. The highest BCUT2D eigenvalue weighted by atomic mass is 16.7. The van der Waals surface area contributed by atoms with Gasteiger partial charge in [-0.05, 0) is 64.2 Å². The first kappa shape index (κ1) is 56.3. The Hall–Kier alpha value is -1.67. The van der Waals surface area contributed by atoms with Gasteiger partial charge in [-0.3, -0.25) is 4.79 Å². The molecule has 9 atom stereocenters. The summed E-state index contributed by atoms with van der Waals surface area (Å²) in [5, 5.41) is 75.7. The van der Waals surface area contributed by atoms with Gasteiger partial charge in [0.25, 0.3) is 0 Å². The van der Waals surface area contributed by atoms with Crippen molar-refractivity contribution in [2.24, 2.45) is 0 Å². The average molecular weight is 854 g/mol. The van der Waals surface area contributed by atoms with Crippen LogP contribution in [-0.4, -0.2) is 110 Å². The van der Waals surface area contributed by atoms with Gasteiger partial charge in [-0.2, -0.15) is 0 Å². The summed E-state index contributed by atoms with van der Waals surface area (Å²) in [6.45, 7) is 3.39. The minimum atomic E-state index is -1.67. The lowest BCUT2D eigenvalue weighted by Gasteiger charge is -2.40. The molecule has 1 saturated heterocycles. The molecular formula is C49H91NO10. The van der Waals surface area contributed by atoms with Crippen molar-refractivity contribution in [1.82, 2.24) is 5.32 Å². The standard InChI is InChI=1S/C49H91NO10/c1-3-5-7-9-11-13-15-17-19-20-21-23-25-27-29-31-33-35-37-42(53)48(58)50-40(39-59-49-47(57)46(56)45(55)43(38-51)60-49)44(54)41(52)36-34-32-30-28-26-24-22-18-16-14-12-10-8-6-4-2/h11,13,15,17,28,30,40-47,49,51-57H,3-10,12,14,16,18-27,29,31-39H2,1-2H3,(H,50,58)/b13-11-,17-15-,30-28+. The Bertz CT molecular complexity index is 1070. The van der Waals surface area contributed by atoms with Gasteiger partial charge < -0.3 is 50.5 Å². The summed E-state index contributed by atoms with van der Waals surface area (Å²) in [5.74, 6) is -0.712. The number of ether oxygens (including phenoxy) is 2. The maximum absolute atomic E-state index is 13.1. The maximum Gasteiger partial charge on any atom is 0.249 e. The fraction of sp³-hybridized carbons (Fsp3) is 0.857. The summed E-state index contributed by atoms with van der Waals surface area (Å²) >= 11 is 0. The molecule has 60 heavy (non-hydrogen) atoms. The van der Waals surface area contributed by atoms with Gasteiger partial charge in [0.15, 0.2) is 6.29 Å². The molecule has 352 valence electrons. The van der Waals surface area contributed by atoms with E-state index in [9.17, 15) is 40.5 Å². The van der Waals surface area contributed by atoms with E-state index in [-0.39, 0.29) is 12.8 Å². The van der Waals surface area contributed by atoms with Gasteiger partial charge >= 0.3 is 0 Å². The quantitative estimate of drug-likeness (QED) is 0.0169. The smallest absolute Gasteiger partial charge is 0.249 e. The predicted octanol–water partition coefficient (Wildman–Crippen LogP) is 8.39. The summed E-state index contributed by atoms with van der Waals surface area (Å²) in [6, 6.07) is -1.19. The number of aliphatic hydroxyl groups excluding tert-OH is 7. The number of carbonyl (C=O) groups is 1. The van der Waals surface area contributed by atoms with E-state index in [2.05, 4.69) is 55.6 Å². The van der Waals surface area contributed by atoms with Crippen LogP contribution in [0.5, 0.6) is 0 Å². The van der Waals surface area contributed by atoms with Gasteiger partial charge in [0.05, 0.1) is 25.4 Å². The van der Waals surface area contributed by atoms with Crippen molar-refractivity contribution in [2.75, 3.05) is 13.2 Å². The van der Waals surface area contributed by atoms with Gasteiger partial charge in [0, 0.05) is 0 Å². The van der Waals surface area contributed by atoms with Gasteiger partial charge in [0.1, 0.15) is 36.6 Å². The van der Waals surface area contributed by atoms with Gasteiger partial charge in [-0.1, -0.05) is 172 Å². The van der Waals surface area contributed by atoms with Crippen LogP contribution in [0.15, 0.2) is 36.5 Å². The summed E-state index contributed by atoms with van der Waals surface area (Å²) in [7, 11) is 0. The number of hydrogen-bond acceptors (Lipinski definition) is 10. The van der Waals surface area contributed by atoms with Gasteiger partial charge in [-0.25, -0.2) is 0 Å². The summed E-state index contributed by atoms with van der Waals surface area (Å²) in [6.07, 6.45) is 33.3. The molecule has 0 aliphatic carbocycles. The van der Waals surface area contributed by atoms with Crippen molar-refractivity contribution in [3.63, 3.8) is 0 Å². The summed E-state index contributed by atoms with van der Waals surface area (Å²) in [4.78, 5) is 13.1. The molecule has 0 aromatic heterocycles. The predicted molar refractivity (Wildman–Crippen MR) is 242 cm³/mol. The van der Waals surface area contributed by atoms with E-state index >= 15 is 0 Å². The van der Waals surface area contributed by atoms with E-state index in [1.54, 1.807) is 0 Å². The zero-order valence-corrected chi connectivity index (χ0v) is 37.9. The Morgan fingerprint density at radius 3 is 1.57 bits per heavy atom. The molecule has 1 amide bonds. The molecule has 1 fully saturated rings. The SMILES string of the molecule is CCCCC/C=C\C=C/CCCCCCCCCCCC(O)C(=O)NC(COC1OC(CO)C(O)C(O)C1O)C(O)C(O)CCC/C=C/CCCCCCCCCCCC. The first-order valence-electron chi connectivity index (χ1n) is 24.4. The number of amides is 1. The van der Waals surface area contributed by atoms with E-state index < -0.39 is 74.2 Å². The number of aliphatic hydroxyl groups is 7. The Labute approximate surface area is 365 Å². The minimum absolute atomic E-state index is 0.248. The molecule has 9 unspecified atom stereocenters. The largest absolute Gasteiger partial charge is 0.394 e. The topological polar surface area (TPSA) is 189 Å². The lowest BCUT2D eigenvalue weighted by Crippen LogP contribution is -2.60. The van der Waals surface area contributed by atoms with Crippen LogP contribution in [0.25, 0.3) is 0 Å². The summed E-state index contributed by atoms with van der Waals surface area (Å²) < 4.78 is 11.1. The number of rotatable bonds is 40. The number of allylic oxidation sites excluding steroid dienone is 6. The molecule has 11 nitrogen and oxygen atoms in total. The normalized spacial score (nSPS) is 21.9. The molecule has 1 aliphatic rings. The van der Waals surface area contributed by atoms with E-state index in [4.69, 9.17) is 9.47 Å². The fourth-order valence-electron chi connectivity index (χ4n) is 7.61. The second-order valence-corrected chi connectivity index (χ2v) is 17.2. The lowest BCUT2D eigenvalue weighted by atomic mass is 9.98. The zero-order chi connectivity index (χ0) is 44.1. The molecule has 0 spiro atoms. The van der Waals surface area contributed by atoms with Crippen molar-refractivity contribution in [2.45, 2.75) is 255 Å². The van der Waals surface area contributed by atoms with Gasteiger partial charge in [-0.15, -0.1) is 0 Å². The van der Waals surface area contributed by atoms with Crippen molar-refractivity contribution in [1.29, 1.82) is 0 Å². The third-order valence-corrected chi connectivity index (χ3v) is 11.7. The van der Waals surface area contributed by atoms with Crippen LogP contribution in [0.1, 0.15) is 200 Å².